The van der Waals surface area contributed by atoms with Crippen LogP contribution in [0, 0.1) is 5.82 Å². The predicted octanol–water partition coefficient (Wildman–Crippen LogP) is 5.47. The van der Waals surface area contributed by atoms with E-state index in [1.165, 1.54) is 19.2 Å². The first kappa shape index (κ1) is 27.2. The van der Waals surface area contributed by atoms with E-state index in [9.17, 15) is 14.0 Å². The van der Waals surface area contributed by atoms with Gasteiger partial charge in [-0.25, -0.2) is 9.18 Å². The minimum absolute atomic E-state index is 0.118. The van der Waals surface area contributed by atoms with Gasteiger partial charge in [0.1, 0.15) is 17.3 Å². The number of urea groups is 1. The first-order valence-corrected chi connectivity index (χ1v) is 12.4. The molecule has 0 radical (unpaired) electrons. The van der Waals surface area contributed by atoms with E-state index in [0.717, 1.165) is 11.8 Å². The molecule has 1 unspecified atom stereocenters. The third kappa shape index (κ3) is 6.91. The fourth-order valence-electron chi connectivity index (χ4n) is 3.88. The summed E-state index contributed by atoms with van der Waals surface area (Å²) in [4.78, 5) is 26.4. The molecule has 38 heavy (non-hydrogen) atoms. The number of carbonyl (C=O) groups excluding carboxylic acids is 2. The third-order valence-corrected chi connectivity index (χ3v) is 5.99. The van der Waals surface area contributed by atoms with E-state index in [0.29, 0.717) is 54.2 Å². The summed E-state index contributed by atoms with van der Waals surface area (Å²) in [5.41, 5.74) is 1.78. The Kier molecular flexibility index (Phi) is 9.01. The second-order valence-electron chi connectivity index (χ2n) is 8.29. The number of nitrogens with one attached hydrogen (secondary N) is 3. The second kappa shape index (κ2) is 12.6. The highest BCUT2D eigenvalue weighted by molar-refractivity contribution is 6.33. The molecule has 3 aromatic carbocycles. The van der Waals surface area contributed by atoms with Gasteiger partial charge in [-0.1, -0.05) is 11.6 Å². The van der Waals surface area contributed by atoms with Crippen LogP contribution in [0.2, 0.25) is 5.02 Å². The van der Waals surface area contributed by atoms with E-state index in [4.69, 9.17) is 25.8 Å². The quantitative estimate of drug-likeness (QED) is 0.349. The third-order valence-electron chi connectivity index (χ3n) is 5.69. The molecular formula is C27H28ClFN4O5. The van der Waals surface area contributed by atoms with E-state index < -0.39 is 17.8 Å². The fourth-order valence-corrected chi connectivity index (χ4v) is 4.18. The van der Waals surface area contributed by atoms with Gasteiger partial charge in [-0.3, -0.25) is 4.79 Å². The van der Waals surface area contributed by atoms with Gasteiger partial charge >= 0.3 is 6.03 Å². The summed E-state index contributed by atoms with van der Waals surface area (Å²) in [5.74, 6) is -0.447. The van der Waals surface area contributed by atoms with Crippen molar-refractivity contribution in [2.24, 2.45) is 0 Å². The van der Waals surface area contributed by atoms with Gasteiger partial charge in [-0.15, -0.1) is 0 Å². The number of benzene rings is 3. The van der Waals surface area contributed by atoms with Gasteiger partial charge in [-0.05, 0) is 67.6 Å². The summed E-state index contributed by atoms with van der Waals surface area (Å²) < 4.78 is 30.7. The second-order valence-corrected chi connectivity index (χ2v) is 8.70. The number of amides is 3. The van der Waals surface area contributed by atoms with Crippen molar-refractivity contribution in [1.82, 2.24) is 5.32 Å². The lowest BCUT2D eigenvalue weighted by molar-refractivity contribution is -0.143. The maximum atomic E-state index is 13.9. The number of carbonyl (C=O) groups is 2. The molecule has 0 aromatic heterocycles. The molecule has 1 atom stereocenters. The van der Waals surface area contributed by atoms with Gasteiger partial charge in [0, 0.05) is 31.6 Å². The Morgan fingerprint density at radius 1 is 1.05 bits per heavy atom. The summed E-state index contributed by atoms with van der Waals surface area (Å²) in [6.45, 7) is 4.27. The molecule has 1 aliphatic heterocycles. The topological polar surface area (TPSA) is 101 Å². The molecule has 0 saturated carbocycles. The Morgan fingerprint density at radius 3 is 2.47 bits per heavy atom. The number of anilines is 3. The van der Waals surface area contributed by atoms with Crippen LogP contribution in [0.4, 0.5) is 26.2 Å². The van der Waals surface area contributed by atoms with Crippen molar-refractivity contribution in [2.75, 3.05) is 48.9 Å². The standard InChI is InChI=1S/C27H28ClFN4O5/c1-3-36-25-16-33(12-13-37-25)24-11-6-18(14-22(24)28)32-27(35)31-17-4-7-19(8-5-17)38-20-9-10-23(29)21(15-20)26(34)30-2/h4-11,14-15,25H,3,12-13,16H2,1-2H3,(H,30,34)(H2,31,32,35). The smallest absolute Gasteiger partial charge is 0.323 e. The highest BCUT2D eigenvalue weighted by Gasteiger charge is 2.22. The zero-order valence-corrected chi connectivity index (χ0v) is 21.7. The molecule has 0 aliphatic carbocycles. The van der Waals surface area contributed by atoms with E-state index in [2.05, 4.69) is 20.9 Å². The number of rotatable bonds is 8. The van der Waals surface area contributed by atoms with Crippen molar-refractivity contribution in [3.05, 3.63) is 77.1 Å². The van der Waals surface area contributed by atoms with Crippen molar-refractivity contribution in [2.45, 2.75) is 13.2 Å². The number of halogens is 2. The highest BCUT2D eigenvalue weighted by Crippen LogP contribution is 2.30. The van der Waals surface area contributed by atoms with E-state index in [1.54, 1.807) is 36.4 Å². The molecule has 0 bridgehead atoms. The molecule has 1 fully saturated rings. The van der Waals surface area contributed by atoms with Crippen molar-refractivity contribution < 1.29 is 28.2 Å². The predicted molar refractivity (Wildman–Crippen MR) is 144 cm³/mol. The lowest BCUT2D eigenvalue weighted by atomic mass is 10.2. The largest absolute Gasteiger partial charge is 0.457 e. The summed E-state index contributed by atoms with van der Waals surface area (Å²) in [6.07, 6.45) is -0.305. The summed E-state index contributed by atoms with van der Waals surface area (Å²) in [6, 6.07) is 15.4. The molecular weight excluding hydrogens is 515 g/mol. The molecule has 4 rings (SSSR count). The number of morpholine rings is 1. The maximum Gasteiger partial charge on any atom is 0.323 e. The first-order chi connectivity index (χ1) is 18.4. The van der Waals surface area contributed by atoms with E-state index >= 15 is 0 Å². The Labute approximate surface area is 224 Å². The molecule has 9 nitrogen and oxygen atoms in total. The summed E-state index contributed by atoms with van der Waals surface area (Å²) in [5, 5.41) is 8.39. The molecule has 11 heteroatoms. The van der Waals surface area contributed by atoms with Crippen molar-refractivity contribution in [3.63, 3.8) is 0 Å². The van der Waals surface area contributed by atoms with Gasteiger partial charge in [0.25, 0.3) is 5.91 Å². The monoisotopic (exact) mass is 542 g/mol. The van der Waals surface area contributed by atoms with E-state index in [1.807, 2.05) is 13.0 Å². The van der Waals surface area contributed by atoms with Crippen LogP contribution >= 0.6 is 11.6 Å². The molecule has 1 saturated heterocycles. The zero-order valence-electron chi connectivity index (χ0n) is 20.9. The van der Waals surface area contributed by atoms with Crippen molar-refractivity contribution >= 4 is 40.6 Å². The van der Waals surface area contributed by atoms with Gasteiger partial charge < -0.3 is 35.1 Å². The zero-order chi connectivity index (χ0) is 27.1. The molecule has 3 aromatic rings. The molecule has 1 aliphatic rings. The molecule has 3 N–H and O–H groups in total. The normalized spacial score (nSPS) is 15.1. The maximum absolute atomic E-state index is 13.9. The van der Waals surface area contributed by atoms with Crippen LogP contribution in [0.5, 0.6) is 11.5 Å². The number of hydrogen-bond acceptors (Lipinski definition) is 6. The Bertz CT molecular complexity index is 1290. The number of ether oxygens (including phenoxy) is 3. The Hall–Kier alpha value is -3.86. The molecule has 200 valence electrons. The number of nitrogens with zero attached hydrogens (tertiary/aromatic N) is 1. The Balaban J connectivity index is 1.33. The fraction of sp³-hybridized carbons (Fsp3) is 0.259. The highest BCUT2D eigenvalue weighted by atomic mass is 35.5. The lowest BCUT2D eigenvalue weighted by Gasteiger charge is -2.34. The van der Waals surface area contributed by atoms with Gasteiger partial charge in [0.2, 0.25) is 0 Å². The van der Waals surface area contributed by atoms with Crippen LogP contribution in [0.3, 0.4) is 0 Å². The average molecular weight is 543 g/mol. The number of hydrogen-bond donors (Lipinski definition) is 3. The van der Waals surface area contributed by atoms with Crippen LogP contribution in [-0.4, -0.2) is 51.6 Å². The van der Waals surface area contributed by atoms with Crippen LogP contribution in [0.25, 0.3) is 0 Å². The van der Waals surface area contributed by atoms with Crippen LogP contribution in [0.15, 0.2) is 60.7 Å². The average Bonchev–Trinajstić information content (AvgIpc) is 2.91. The minimum atomic E-state index is -0.644. The molecule has 1 heterocycles. The van der Waals surface area contributed by atoms with Gasteiger partial charge in [-0.2, -0.15) is 0 Å². The van der Waals surface area contributed by atoms with Crippen molar-refractivity contribution in [1.29, 1.82) is 0 Å². The lowest BCUT2D eigenvalue weighted by Crippen LogP contribution is -2.43. The van der Waals surface area contributed by atoms with Crippen LogP contribution < -0.4 is 25.6 Å². The van der Waals surface area contributed by atoms with Crippen LogP contribution in [0.1, 0.15) is 17.3 Å². The Morgan fingerprint density at radius 2 is 1.76 bits per heavy atom. The minimum Gasteiger partial charge on any atom is -0.457 e. The van der Waals surface area contributed by atoms with E-state index in [-0.39, 0.29) is 11.9 Å². The van der Waals surface area contributed by atoms with Crippen LogP contribution in [-0.2, 0) is 9.47 Å². The van der Waals surface area contributed by atoms with Gasteiger partial charge in [0.15, 0.2) is 6.29 Å². The molecule has 0 spiro atoms. The first-order valence-electron chi connectivity index (χ1n) is 12.0. The summed E-state index contributed by atoms with van der Waals surface area (Å²) in [7, 11) is 1.42. The SMILES string of the molecule is CCOC1CN(c2ccc(NC(=O)Nc3ccc(Oc4ccc(F)c(C(=O)NC)c4)cc3)cc2Cl)CCO1. The van der Waals surface area contributed by atoms with Crippen molar-refractivity contribution in [3.8, 4) is 11.5 Å². The summed E-state index contributed by atoms with van der Waals surface area (Å²) >= 11 is 6.51. The van der Waals surface area contributed by atoms with Gasteiger partial charge in [0.05, 0.1) is 29.4 Å². The molecule has 3 amide bonds.